The molecule has 10 heavy (non-hydrogen) atoms. The van der Waals surface area contributed by atoms with Gasteiger partial charge < -0.3 is 4.43 Å². The van der Waals surface area contributed by atoms with Crippen molar-refractivity contribution >= 4 is 9.76 Å². The molecule has 5 heteroatoms. The zero-order chi connectivity index (χ0) is 8.04. The number of halogens is 3. The Kier molecular flexibility index (Phi) is 4.72. The van der Waals surface area contributed by atoms with Crippen LogP contribution in [0.4, 0.5) is 13.2 Å². The molecule has 0 aromatic rings. The first-order chi connectivity index (χ1) is 4.56. The van der Waals surface area contributed by atoms with Gasteiger partial charge in [0.05, 0.1) is 0 Å². The van der Waals surface area contributed by atoms with Crippen molar-refractivity contribution in [1.82, 2.24) is 0 Å². The fourth-order valence-corrected chi connectivity index (χ4v) is 1.30. The molecule has 0 N–H and O–H groups in total. The van der Waals surface area contributed by atoms with Crippen LogP contribution in [0.5, 0.6) is 0 Å². The summed E-state index contributed by atoms with van der Waals surface area (Å²) in [5.41, 5.74) is 0. The van der Waals surface area contributed by atoms with Gasteiger partial charge in [0.2, 0.25) is 0 Å². The fourth-order valence-electron chi connectivity index (χ4n) is 0.434. The van der Waals surface area contributed by atoms with Gasteiger partial charge in [0.25, 0.3) is 0 Å². The van der Waals surface area contributed by atoms with Gasteiger partial charge in [0.1, 0.15) is 6.61 Å². The van der Waals surface area contributed by atoms with E-state index in [0.29, 0.717) is 0 Å². The number of hydrogen-bond donors (Lipinski definition) is 0. The summed E-state index contributed by atoms with van der Waals surface area (Å²) in [6.07, 6.45) is -3.22. The Labute approximate surface area is 60.5 Å². The lowest BCUT2D eigenvalue weighted by atomic mass is 10.6. The lowest BCUT2D eigenvalue weighted by Gasteiger charge is -2.05. The Balaban J connectivity index is 3.04. The van der Waals surface area contributed by atoms with Crippen LogP contribution in [0.2, 0.25) is 6.04 Å². The summed E-state index contributed by atoms with van der Waals surface area (Å²) in [4.78, 5) is 0. The molecule has 0 atom stereocenters. The van der Waals surface area contributed by atoms with Crippen LogP contribution in [-0.2, 0) is 4.43 Å². The zero-order valence-corrected chi connectivity index (χ0v) is 7.28. The molecule has 0 aromatic carbocycles. The van der Waals surface area contributed by atoms with Crippen molar-refractivity contribution in [3.05, 3.63) is 0 Å². The van der Waals surface area contributed by atoms with Crippen LogP contribution >= 0.6 is 0 Å². The SMILES string of the molecule is CCC[SiH2]OCC(F)(F)F. The molecule has 0 saturated carbocycles. The summed E-state index contributed by atoms with van der Waals surface area (Å²) in [6, 6.07) is 0.829. The average Bonchev–Trinajstić information content (AvgIpc) is 1.78. The van der Waals surface area contributed by atoms with Crippen LogP contribution in [0.15, 0.2) is 0 Å². The molecule has 0 radical (unpaired) electrons. The summed E-state index contributed by atoms with van der Waals surface area (Å²) >= 11 is 0. The van der Waals surface area contributed by atoms with Gasteiger partial charge in [-0.3, -0.25) is 0 Å². The fraction of sp³-hybridized carbons (Fsp3) is 1.00. The Bertz CT molecular complexity index is 83.5. The topological polar surface area (TPSA) is 9.23 Å². The molecule has 0 fully saturated rings. The first-order valence-corrected chi connectivity index (χ1v) is 4.78. The van der Waals surface area contributed by atoms with E-state index in [2.05, 4.69) is 4.43 Å². The molecule has 0 spiro atoms. The minimum absolute atomic E-state index is 0.829. The van der Waals surface area contributed by atoms with Crippen LogP contribution in [0, 0.1) is 0 Å². The van der Waals surface area contributed by atoms with Crippen molar-refractivity contribution in [2.75, 3.05) is 6.61 Å². The molecule has 0 aliphatic carbocycles. The van der Waals surface area contributed by atoms with E-state index in [4.69, 9.17) is 0 Å². The van der Waals surface area contributed by atoms with Gasteiger partial charge in [0, 0.05) is 0 Å². The lowest BCUT2D eigenvalue weighted by Crippen LogP contribution is -2.18. The molecule has 0 unspecified atom stereocenters. The molecule has 0 bridgehead atoms. The van der Waals surface area contributed by atoms with E-state index < -0.39 is 22.5 Å². The molecule has 0 aliphatic rings. The van der Waals surface area contributed by atoms with Crippen LogP contribution in [0.3, 0.4) is 0 Å². The maximum atomic E-state index is 11.4. The highest BCUT2D eigenvalue weighted by Crippen LogP contribution is 2.14. The van der Waals surface area contributed by atoms with Gasteiger partial charge in [0.15, 0.2) is 9.76 Å². The van der Waals surface area contributed by atoms with Crippen molar-refractivity contribution in [1.29, 1.82) is 0 Å². The van der Waals surface area contributed by atoms with Gasteiger partial charge in [-0.1, -0.05) is 13.3 Å². The molecule has 0 rings (SSSR count). The van der Waals surface area contributed by atoms with Gasteiger partial charge in [-0.15, -0.1) is 0 Å². The van der Waals surface area contributed by atoms with E-state index in [1.807, 2.05) is 6.92 Å². The van der Waals surface area contributed by atoms with Crippen molar-refractivity contribution in [3.8, 4) is 0 Å². The van der Waals surface area contributed by atoms with E-state index in [-0.39, 0.29) is 0 Å². The lowest BCUT2D eigenvalue weighted by molar-refractivity contribution is -0.153. The minimum Gasteiger partial charge on any atom is -0.415 e. The van der Waals surface area contributed by atoms with Crippen LogP contribution in [0.25, 0.3) is 0 Å². The van der Waals surface area contributed by atoms with Crippen LogP contribution in [-0.4, -0.2) is 22.5 Å². The van der Waals surface area contributed by atoms with Crippen LogP contribution in [0.1, 0.15) is 13.3 Å². The van der Waals surface area contributed by atoms with Crippen LogP contribution < -0.4 is 0 Å². The third kappa shape index (κ3) is 7.97. The maximum Gasteiger partial charge on any atom is 0.410 e. The predicted molar refractivity (Wildman–Crippen MR) is 35.6 cm³/mol. The summed E-state index contributed by atoms with van der Waals surface area (Å²) in [5.74, 6) is 0. The molecule has 62 valence electrons. The van der Waals surface area contributed by atoms with E-state index in [1.54, 1.807) is 0 Å². The molecule has 1 nitrogen and oxygen atoms in total. The smallest absolute Gasteiger partial charge is 0.410 e. The normalized spacial score (nSPS) is 13.2. The molecule has 0 aromatic heterocycles. The van der Waals surface area contributed by atoms with E-state index in [9.17, 15) is 13.2 Å². The Morgan fingerprint density at radius 3 is 2.40 bits per heavy atom. The first-order valence-electron chi connectivity index (χ1n) is 3.20. The third-order valence-electron chi connectivity index (χ3n) is 0.908. The second-order valence-electron chi connectivity index (χ2n) is 2.02. The standard InChI is InChI=1S/C5H11F3OSi/c1-2-3-10-9-4-5(6,7)8/h2-4,10H2,1H3. The highest BCUT2D eigenvalue weighted by molar-refractivity contribution is 6.26. The van der Waals surface area contributed by atoms with E-state index in [0.717, 1.165) is 12.5 Å². The second kappa shape index (κ2) is 4.73. The molecule has 0 heterocycles. The largest absolute Gasteiger partial charge is 0.415 e. The second-order valence-corrected chi connectivity index (χ2v) is 3.54. The predicted octanol–water partition coefficient (Wildman–Crippen LogP) is 1.48. The van der Waals surface area contributed by atoms with Gasteiger partial charge in [-0.25, -0.2) is 0 Å². The van der Waals surface area contributed by atoms with Crippen molar-refractivity contribution < 1.29 is 17.6 Å². The third-order valence-corrected chi connectivity index (χ3v) is 2.40. The maximum absolute atomic E-state index is 11.4. The highest BCUT2D eigenvalue weighted by atomic mass is 28.2. The Morgan fingerprint density at radius 1 is 1.40 bits per heavy atom. The van der Waals surface area contributed by atoms with Crippen molar-refractivity contribution in [2.45, 2.75) is 25.6 Å². The van der Waals surface area contributed by atoms with Gasteiger partial charge >= 0.3 is 6.18 Å². The van der Waals surface area contributed by atoms with E-state index in [1.165, 1.54) is 0 Å². The molecule has 0 amide bonds. The molecule has 0 saturated heterocycles. The average molecular weight is 172 g/mol. The molecule has 0 aliphatic heterocycles. The summed E-state index contributed by atoms with van der Waals surface area (Å²) < 4.78 is 38.6. The van der Waals surface area contributed by atoms with Gasteiger partial charge in [-0.05, 0) is 6.04 Å². The van der Waals surface area contributed by atoms with Crippen molar-refractivity contribution in [2.24, 2.45) is 0 Å². The zero-order valence-electron chi connectivity index (χ0n) is 5.87. The van der Waals surface area contributed by atoms with Crippen molar-refractivity contribution in [3.63, 3.8) is 0 Å². The number of rotatable bonds is 4. The molecular formula is C5H11F3OSi. The summed E-state index contributed by atoms with van der Waals surface area (Å²) in [6.45, 7) is 0.878. The number of hydrogen-bond acceptors (Lipinski definition) is 1. The Morgan fingerprint density at radius 2 is 2.00 bits per heavy atom. The van der Waals surface area contributed by atoms with E-state index >= 15 is 0 Å². The minimum atomic E-state index is -4.14. The summed E-state index contributed by atoms with van der Waals surface area (Å²) in [7, 11) is -0.889. The molecular weight excluding hydrogens is 161 g/mol. The Hall–Kier alpha value is -0.0331. The first kappa shape index (κ1) is 9.97. The quantitative estimate of drug-likeness (QED) is 0.461. The summed E-state index contributed by atoms with van der Waals surface area (Å²) in [5, 5.41) is 0. The van der Waals surface area contributed by atoms with Gasteiger partial charge in [-0.2, -0.15) is 13.2 Å². The monoisotopic (exact) mass is 172 g/mol. The highest BCUT2D eigenvalue weighted by Gasteiger charge is 2.26. The number of alkyl halides is 3.